The van der Waals surface area contributed by atoms with Gasteiger partial charge in [-0.05, 0) is 69.9 Å². The molecular formula is C30H33ClN6O3. The summed E-state index contributed by atoms with van der Waals surface area (Å²) in [6.45, 7) is 8.82. The Bertz CT molecular complexity index is 1520. The van der Waals surface area contributed by atoms with E-state index in [9.17, 15) is 9.59 Å². The molecule has 208 valence electrons. The molecule has 10 heteroatoms. The van der Waals surface area contributed by atoms with Crippen LogP contribution in [0, 0.1) is 5.92 Å². The number of nitrogens with zero attached hydrogens (tertiary/aromatic N) is 4. The average molecular weight is 561 g/mol. The quantitative estimate of drug-likeness (QED) is 0.270. The zero-order chi connectivity index (χ0) is 28.4. The highest BCUT2D eigenvalue weighted by molar-refractivity contribution is 6.33. The number of pyridine rings is 2. The van der Waals surface area contributed by atoms with Crippen LogP contribution in [0.2, 0.25) is 5.02 Å². The van der Waals surface area contributed by atoms with E-state index in [4.69, 9.17) is 21.3 Å². The van der Waals surface area contributed by atoms with Crippen molar-refractivity contribution in [2.24, 2.45) is 5.92 Å². The maximum atomic E-state index is 11.5. The standard InChI is InChI=1S/C30H33ClN6O3/c1-18(38)15-20-11-13-37(14-12-20)22-7-5-21(6-8-22)27-24(31)16-25-28(34-27)35-29(33-25)40-23-9-10-26(32-17-23)30(3,4)36-19(2)39/h5-10,16-17,20H,11-15H2,1-4H3,(H,36,39)(H,33,34,35). The van der Waals surface area contributed by atoms with E-state index in [0.29, 0.717) is 45.7 Å². The second-order valence-corrected chi connectivity index (χ2v) is 11.3. The van der Waals surface area contributed by atoms with Crippen LogP contribution < -0.4 is 15.0 Å². The number of carbonyl (C=O) groups is 2. The van der Waals surface area contributed by atoms with Crippen LogP contribution in [0.3, 0.4) is 0 Å². The van der Waals surface area contributed by atoms with Crippen molar-refractivity contribution in [3.8, 4) is 23.0 Å². The predicted molar refractivity (Wildman–Crippen MR) is 156 cm³/mol. The van der Waals surface area contributed by atoms with E-state index < -0.39 is 5.54 Å². The Morgan fingerprint density at radius 3 is 2.45 bits per heavy atom. The van der Waals surface area contributed by atoms with E-state index in [1.807, 2.05) is 26.0 Å². The van der Waals surface area contributed by atoms with E-state index in [1.54, 1.807) is 31.3 Å². The minimum Gasteiger partial charge on any atom is -0.424 e. The van der Waals surface area contributed by atoms with E-state index in [2.05, 4.69) is 37.3 Å². The minimum absolute atomic E-state index is 0.127. The number of aromatic amines is 1. The number of H-pyrrole nitrogens is 1. The Balaban J connectivity index is 1.28. The molecule has 4 heterocycles. The third kappa shape index (κ3) is 6.25. The first-order chi connectivity index (χ1) is 19.1. The highest BCUT2D eigenvalue weighted by atomic mass is 35.5. The van der Waals surface area contributed by atoms with Crippen molar-refractivity contribution in [3.05, 3.63) is 59.4 Å². The summed E-state index contributed by atoms with van der Waals surface area (Å²) in [4.78, 5) is 42.0. The summed E-state index contributed by atoms with van der Waals surface area (Å²) in [5, 5.41) is 3.39. The Kier molecular flexibility index (Phi) is 7.76. The van der Waals surface area contributed by atoms with E-state index in [-0.39, 0.29) is 17.7 Å². The molecule has 0 spiro atoms. The van der Waals surface area contributed by atoms with Crippen LogP contribution in [0.25, 0.3) is 22.4 Å². The van der Waals surface area contributed by atoms with Crippen LogP contribution in [-0.2, 0) is 15.1 Å². The monoisotopic (exact) mass is 560 g/mol. The normalized spacial score (nSPS) is 14.4. The summed E-state index contributed by atoms with van der Waals surface area (Å²) in [5.41, 5.74) is 3.94. The van der Waals surface area contributed by atoms with Crippen molar-refractivity contribution >= 4 is 40.1 Å². The van der Waals surface area contributed by atoms with Gasteiger partial charge in [0.15, 0.2) is 5.65 Å². The lowest BCUT2D eigenvalue weighted by molar-refractivity contribution is -0.120. The number of fused-ring (bicyclic) bond motifs is 1. The van der Waals surface area contributed by atoms with Gasteiger partial charge in [0.05, 0.1) is 33.7 Å². The number of anilines is 1. The molecule has 4 aromatic rings. The van der Waals surface area contributed by atoms with Gasteiger partial charge in [-0.1, -0.05) is 23.7 Å². The molecule has 2 N–H and O–H groups in total. The van der Waals surface area contributed by atoms with E-state index >= 15 is 0 Å². The van der Waals surface area contributed by atoms with Gasteiger partial charge < -0.3 is 24.7 Å². The van der Waals surface area contributed by atoms with Crippen molar-refractivity contribution < 1.29 is 14.3 Å². The number of imidazole rings is 1. The molecule has 1 aliphatic heterocycles. The van der Waals surface area contributed by atoms with Crippen molar-refractivity contribution in [1.82, 2.24) is 25.3 Å². The van der Waals surface area contributed by atoms with Crippen LogP contribution in [0.4, 0.5) is 5.69 Å². The van der Waals surface area contributed by atoms with Gasteiger partial charge in [-0.15, -0.1) is 0 Å². The van der Waals surface area contributed by atoms with Crippen molar-refractivity contribution in [3.63, 3.8) is 0 Å². The predicted octanol–water partition coefficient (Wildman–Crippen LogP) is 6.03. The lowest BCUT2D eigenvalue weighted by atomic mass is 9.92. The first-order valence-electron chi connectivity index (χ1n) is 13.4. The summed E-state index contributed by atoms with van der Waals surface area (Å²) >= 11 is 6.62. The molecule has 0 atom stereocenters. The van der Waals surface area contributed by atoms with Crippen LogP contribution >= 0.6 is 11.6 Å². The molecular weight excluding hydrogens is 528 g/mol. The van der Waals surface area contributed by atoms with E-state index in [0.717, 1.165) is 37.2 Å². The van der Waals surface area contributed by atoms with Gasteiger partial charge in [-0.25, -0.2) is 4.98 Å². The van der Waals surface area contributed by atoms with Crippen LogP contribution in [0.1, 0.15) is 52.7 Å². The van der Waals surface area contributed by atoms with Gasteiger partial charge in [-0.3, -0.25) is 9.78 Å². The number of aromatic nitrogens is 4. The van der Waals surface area contributed by atoms with E-state index in [1.165, 1.54) is 6.92 Å². The lowest BCUT2D eigenvalue weighted by Gasteiger charge is -2.33. The maximum Gasteiger partial charge on any atom is 0.301 e. The molecule has 0 saturated carbocycles. The number of hydrogen-bond donors (Lipinski definition) is 2. The third-order valence-corrected chi connectivity index (χ3v) is 7.47. The molecule has 5 rings (SSSR count). The molecule has 0 aliphatic carbocycles. The smallest absolute Gasteiger partial charge is 0.301 e. The summed E-state index contributed by atoms with van der Waals surface area (Å²) in [6, 6.07) is 13.9. The summed E-state index contributed by atoms with van der Waals surface area (Å²) in [6.07, 6.45) is 4.33. The molecule has 9 nitrogen and oxygen atoms in total. The molecule has 1 saturated heterocycles. The van der Waals surface area contributed by atoms with Crippen molar-refractivity contribution in [1.29, 1.82) is 0 Å². The topological polar surface area (TPSA) is 113 Å². The first-order valence-corrected chi connectivity index (χ1v) is 13.8. The molecule has 1 fully saturated rings. The number of carbonyl (C=O) groups excluding carboxylic acids is 2. The number of ketones is 1. The van der Waals surface area contributed by atoms with Crippen LogP contribution in [0.5, 0.6) is 11.8 Å². The fraction of sp³-hybridized carbons (Fsp3) is 0.367. The molecule has 0 unspecified atom stereocenters. The first kappa shape index (κ1) is 27.6. The Hall–Kier alpha value is -3.98. The number of ether oxygens (including phenoxy) is 1. The van der Waals surface area contributed by atoms with Crippen LogP contribution in [-0.4, -0.2) is 44.7 Å². The molecule has 1 aliphatic rings. The number of hydrogen-bond acceptors (Lipinski definition) is 7. The second-order valence-electron chi connectivity index (χ2n) is 10.9. The largest absolute Gasteiger partial charge is 0.424 e. The molecule has 0 radical (unpaired) electrons. The SMILES string of the molecule is CC(=O)CC1CCN(c2ccc(-c3nc4nc(Oc5ccc(C(C)(C)NC(C)=O)nc5)[nH]c4cc3Cl)cc2)CC1. The van der Waals surface area contributed by atoms with Gasteiger partial charge in [0, 0.05) is 37.7 Å². The molecule has 3 aromatic heterocycles. The Morgan fingerprint density at radius 2 is 1.82 bits per heavy atom. The van der Waals surface area contributed by atoms with Gasteiger partial charge in [0.2, 0.25) is 5.91 Å². The van der Waals surface area contributed by atoms with Crippen LogP contribution in [0.15, 0.2) is 48.7 Å². The van der Waals surface area contributed by atoms with Crippen molar-refractivity contribution in [2.45, 2.75) is 52.5 Å². The van der Waals surface area contributed by atoms with Gasteiger partial charge >= 0.3 is 6.01 Å². The summed E-state index contributed by atoms with van der Waals surface area (Å²) < 4.78 is 5.89. The maximum absolute atomic E-state index is 11.5. The summed E-state index contributed by atoms with van der Waals surface area (Å²) in [7, 11) is 0. The number of amides is 1. The number of rotatable bonds is 8. The molecule has 0 bridgehead atoms. The molecule has 40 heavy (non-hydrogen) atoms. The number of halogens is 1. The molecule has 1 amide bonds. The lowest BCUT2D eigenvalue weighted by Crippen LogP contribution is -2.40. The number of nitrogens with one attached hydrogen (secondary N) is 2. The third-order valence-electron chi connectivity index (χ3n) is 7.18. The highest BCUT2D eigenvalue weighted by Gasteiger charge is 2.23. The molecule has 1 aromatic carbocycles. The highest BCUT2D eigenvalue weighted by Crippen LogP contribution is 2.33. The van der Waals surface area contributed by atoms with Crippen molar-refractivity contribution in [2.75, 3.05) is 18.0 Å². The second kappa shape index (κ2) is 11.3. The minimum atomic E-state index is -0.605. The van der Waals surface area contributed by atoms with Gasteiger partial charge in [0.1, 0.15) is 11.5 Å². The Labute approximate surface area is 238 Å². The zero-order valence-corrected chi connectivity index (χ0v) is 23.9. The fourth-order valence-electron chi connectivity index (χ4n) is 5.20. The average Bonchev–Trinajstić information content (AvgIpc) is 3.29. The number of piperidine rings is 1. The van der Waals surface area contributed by atoms with Gasteiger partial charge in [0.25, 0.3) is 0 Å². The zero-order valence-electron chi connectivity index (χ0n) is 23.1. The fourth-order valence-corrected chi connectivity index (χ4v) is 5.47. The summed E-state index contributed by atoms with van der Waals surface area (Å²) in [5.74, 6) is 1.13. The number of benzene rings is 1. The van der Waals surface area contributed by atoms with Gasteiger partial charge in [-0.2, -0.15) is 4.98 Å². The number of Topliss-reactive ketones (excluding diaryl/α,β-unsaturated/α-hetero) is 1. The Morgan fingerprint density at radius 1 is 1.10 bits per heavy atom.